The topological polar surface area (TPSA) is 102 Å². The van der Waals surface area contributed by atoms with Crippen LogP contribution in [-0.4, -0.2) is 36.3 Å². The normalized spacial score (nSPS) is 15.1. The Morgan fingerprint density at radius 2 is 1.79 bits per heavy atom. The van der Waals surface area contributed by atoms with Gasteiger partial charge in [0.15, 0.2) is 5.58 Å². The molecule has 1 aliphatic rings. The maximum Gasteiger partial charge on any atom is 0.420 e. The molecule has 0 aliphatic carbocycles. The van der Waals surface area contributed by atoms with Gasteiger partial charge in [0.1, 0.15) is 6.54 Å². The summed E-state index contributed by atoms with van der Waals surface area (Å²) in [6.45, 7) is 2.69. The van der Waals surface area contributed by atoms with Gasteiger partial charge in [0.25, 0.3) is 0 Å². The van der Waals surface area contributed by atoms with Gasteiger partial charge in [-0.25, -0.2) is 13.2 Å². The number of carbonyl (C=O) groups is 1. The summed E-state index contributed by atoms with van der Waals surface area (Å²) in [6.07, 6.45) is 1.67. The van der Waals surface area contributed by atoms with Crippen molar-refractivity contribution in [1.29, 1.82) is 0 Å². The third-order valence-corrected chi connectivity index (χ3v) is 6.87. The van der Waals surface area contributed by atoms with E-state index in [4.69, 9.17) is 4.42 Å². The molecule has 0 spiro atoms. The molecule has 0 bridgehead atoms. The molecular weight excluding hydrogens is 394 g/mol. The Balaban J connectivity index is 1.59. The van der Waals surface area contributed by atoms with E-state index in [1.54, 1.807) is 12.1 Å². The van der Waals surface area contributed by atoms with E-state index in [-0.39, 0.29) is 22.9 Å². The van der Waals surface area contributed by atoms with Crippen molar-refractivity contribution in [3.05, 3.63) is 58.6 Å². The Bertz CT molecular complexity index is 1220. The van der Waals surface area contributed by atoms with Crippen LogP contribution in [0.2, 0.25) is 0 Å². The van der Waals surface area contributed by atoms with Crippen LogP contribution in [0.15, 0.2) is 56.6 Å². The van der Waals surface area contributed by atoms with Crippen LogP contribution < -0.4 is 11.1 Å². The molecule has 1 fully saturated rings. The summed E-state index contributed by atoms with van der Waals surface area (Å²) >= 11 is 0. The Hall–Kier alpha value is -2.91. The number of aromatic nitrogens is 1. The van der Waals surface area contributed by atoms with Crippen LogP contribution >= 0.6 is 0 Å². The van der Waals surface area contributed by atoms with Gasteiger partial charge in [-0.05, 0) is 44.0 Å². The summed E-state index contributed by atoms with van der Waals surface area (Å²) in [5.74, 6) is -1.10. The number of rotatable bonds is 5. The van der Waals surface area contributed by atoms with Crippen molar-refractivity contribution < 1.29 is 17.6 Å². The van der Waals surface area contributed by atoms with Gasteiger partial charge in [0.05, 0.1) is 10.4 Å². The first-order valence-corrected chi connectivity index (χ1v) is 10.8. The van der Waals surface area contributed by atoms with Gasteiger partial charge in [-0.15, -0.1) is 0 Å². The second kappa shape index (κ2) is 7.49. The number of benzene rings is 2. The third-order valence-electron chi connectivity index (χ3n) is 4.98. The standard InChI is InChI=1S/C20H21N3O5S/c1-14-4-6-15(7-5-14)21-19(24)13-23-17-9-8-16(12-18(17)28-20(23)25)29(26,27)22-10-2-3-11-22/h4-9,12H,2-3,10-11,13H2,1H3,(H,21,24). The van der Waals surface area contributed by atoms with Gasteiger partial charge in [-0.2, -0.15) is 4.31 Å². The molecule has 0 saturated carbocycles. The molecule has 29 heavy (non-hydrogen) atoms. The number of oxazole rings is 1. The lowest BCUT2D eigenvalue weighted by Gasteiger charge is -2.15. The molecule has 0 unspecified atom stereocenters. The lowest BCUT2D eigenvalue weighted by Crippen LogP contribution is -2.27. The summed E-state index contributed by atoms with van der Waals surface area (Å²) in [5.41, 5.74) is 2.20. The number of carbonyl (C=O) groups excluding carboxylic acids is 1. The first-order chi connectivity index (χ1) is 13.8. The van der Waals surface area contributed by atoms with Gasteiger partial charge in [-0.1, -0.05) is 17.7 Å². The Labute approximate surface area is 167 Å². The highest BCUT2D eigenvalue weighted by Gasteiger charge is 2.28. The van der Waals surface area contributed by atoms with Crippen molar-refractivity contribution in [1.82, 2.24) is 8.87 Å². The number of aryl methyl sites for hydroxylation is 1. The monoisotopic (exact) mass is 415 g/mol. The maximum atomic E-state index is 12.7. The Morgan fingerprint density at radius 3 is 2.48 bits per heavy atom. The second-order valence-electron chi connectivity index (χ2n) is 7.11. The van der Waals surface area contributed by atoms with Gasteiger partial charge in [0.2, 0.25) is 15.9 Å². The molecule has 2 heterocycles. The van der Waals surface area contributed by atoms with Crippen molar-refractivity contribution in [2.75, 3.05) is 18.4 Å². The fraction of sp³-hybridized carbons (Fsp3) is 0.300. The van der Waals surface area contributed by atoms with E-state index in [9.17, 15) is 18.0 Å². The lowest BCUT2D eigenvalue weighted by atomic mass is 10.2. The zero-order valence-corrected chi connectivity index (χ0v) is 16.7. The molecule has 152 valence electrons. The Morgan fingerprint density at radius 1 is 1.10 bits per heavy atom. The van der Waals surface area contributed by atoms with Crippen LogP contribution in [0.1, 0.15) is 18.4 Å². The SMILES string of the molecule is Cc1ccc(NC(=O)Cn2c(=O)oc3cc(S(=O)(=O)N4CCCC4)ccc32)cc1. The smallest absolute Gasteiger partial charge is 0.408 e. The molecule has 1 aliphatic heterocycles. The molecule has 1 saturated heterocycles. The first-order valence-electron chi connectivity index (χ1n) is 9.35. The van der Waals surface area contributed by atoms with Gasteiger partial charge < -0.3 is 9.73 Å². The molecule has 8 nitrogen and oxygen atoms in total. The predicted molar refractivity (Wildman–Crippen MR) is 108 cm³/mol. The minimum Gasteiger partial charge on any atom is -0.408 e. The van der Waals surface area contributed by atoms with Gasteiger partial charge >= 0.3 is 5.76 Å². The number of hydrogen-bond acceptors (Lipinski definition) is 5. The quantitative estimate of drug-likeness (QED) is 0.689. The minimum absolute atomic E-state index is 0.0805. The van der Waals surface area contributed by atoms with Crippen LogP contribution in [0.3, 0.4) is 0 Å². The molecule has 0 atom stereocenters. The predicted octanol–water partition coefficient (Wildman–Crippen LogP) is 2.33. The van der Waals surface area contributed by atoms with E-state index in [1.165, 1.54) is 27.1 Å². The van der Waals surface area contributed by atoms with E-state index < -0.39 is 15.8 Å². The van der Waals surface area contributed by atoms with E-state index >= 15 is 0 Å². The van der Waals surface area contributed by atoms with Crippen LogP contribution in [0.5, 0.6) is 0 Å². The van der Waals surface area contributed by atoms with E-state index in [0.29, 0.717) is 24.3 Å². The number of amides is 1. The van der Waals surface area contributed by atoms with Crippen molar-refractivity contribution in [3.8, 4) is 0 Å². The molecule has 4 rings (SSSR count). The van der Waals surface area contributed by atoms with Crippen molar-refractivity contribution in [2.45, 2.75) is 31.2 Å². The maximum absolute atomic E-state index is 12.7. The fourth-order valence-electron chi connectivity index (χ4n) is 3.42. The zero-order valence-electron chi connectivity index (χ0n) is 15.9. The molecule has 2 aromatic carbocycles. The van der Waals surface area contributed by atoms with Crippen LogP contribution in [0.4, 0.5) is 5.69 Å². The third kappa shape index (κ3) is 3.83. The van der Waals surface area contributed by atoms with Crippen molar-refractivity contribution in [2.24, 2.45) is 0 Å². The number of nitrogens with zero attached hydrogens (tertiary/aromatic N) is 2. The van der Waals surface area contributed by atoms with Gasteiger partial charge in [0, 0.05) is 24.8 Å². The molecule has 9 heteroatoms. The average Bonchev–Trinajstić information content (AvgIpc) is 3.32. The number of nitrogens with one attached hydrogen (secondary N) is 1. The minimum atomic E-state index is -3.62. The number of hydrogen-bond donors (Lipinski definition) is 1. The van der Waals surface area contributed by atoms with Crippen LogP contribution in [0.25, 0.3) is 11.1 Å². The first kappa shape index (κ1) is 19.4. The van der Waals surface area contributed by atoms with Crippen molar-refractivity contribution in [3.63, 3.8) is 0 Å². The molecule has 1 N–H and O–H groups in total. The summed E-state index contributed by atoms with van der Waals surface area (Å²) in [6, 6.07) is 11.6. The van der Waals surface area contributed by atoms with Crippen molar-refractivity contribution >= 4 is 32.7 Å². The highest BCUT2D eigenvalue weighted by molar-refractivity contribution is 7.89. The molecule has 3 aromatic rings. The summed E-state index contributed by atoms with van der Waals surface area (Å²) in [5, 5.41) is 2.73. The molecule has 1 amide bonds. The summed E-state index contributed by atoms with van der Waals surface area (Å²) < 4.78 is 33.2. The van der Waals surface area contributed by atoms with E-state index in [2.05, 4.69) is 5.32 Å². The molecule has 1 aromatic heterocycles. The van der Waals surface area contributed by atoms with E-state index in [1.807, 2.05) is 19.1 Å². The highest BCUT2D eigenvalue weighted by atomic mass is 32.2. The average molecular weight is 415 g/mol. The van der Waals surface area contributed by atoms with Crippen LogP contribution in [-0.2, 0) is 21.4 Å². The fourth-order valence-corrected chi connectivity index (χ4v) is 4.95. The van der Waals surface area contributed by atoms with E-state index in [0.717, 1.165) is 18.4 Å². The van der Waals surface area contributed by atoms with Crippen LogP contribution in [0, 0.1) is 6.92 Å². The number of sulfonamides is 1. The highest BCUT2D eigenvalue weighted by Crippen LogP contribution is 2.24. The molecular formula is C20H21N3O5S. The number of anilines is 1. The summed E-state index contributed by atoms with van der Waals surface area (Å²) in [7, 11) is -3.62. The Kier molecular flexibility index (Phi) is 5.01. The second-order valence-corrected chi connectivity index (χ2v) is 9.05. The zero-order chi connectivity index (χ0) is 20.6. The molecule has 0 radical (unpaired) electrons. The lowest BCUT2D eigenvalue weighted by molar-refractivity contribution is -0.116. The number of fused-ring (bicyclic) bond motifs is 1. The van der Waals surface area contributed by atoms with Gasteiger partial charge in [-0.3, -0.25) is 9.36 Å². The summed E-state index contributed by atoms with van der Waals surface area (Å²) in [4.78, 5) is 24.7. The largest absolute Gasteiger partial charge is 0.420 e.